The lowest BCUT2D eigenvalue weighted by molar-refractivity contribution is -0.116. The molecule has 2 saturated heterocycles. The van der Waals surface area contributed by atoms with Gasteiger partial charge in [-0.2, -0.15) is 4.39 Å². The highest BCUT2D eigenvalue weighted by molar-refractivity contribution is 6.59. The van der Waals surface area contributed by atoms with Gasteiger partial charge in [0, 0.05) is 62.5 Å². The zero-order chi connectivity index (χ0) is 30.6. The number of pyridine rings is 1. The molecule has 0 saturated carbocycles. The van der Waals surface area contributed by atoms with E-state index >= 15 is 4.39 Å². The van der Waals surface area contributed by atoms with E-state index in [9.17, 15) is 19.1 Å². The normalized spacial score (nSPS) is 16.4. The van der Waals surface area contributed by atoms with Gasteiger partial charge < -0.3 is 35.3 Å². The minimum Gasteiger partial charge on any atom is -0.505 e. The first-order valence-electron chi connectivity index (χ1n) is 13.5. The molecule has 4 N–H and O–H groups in total. The average Bonchev–Trinajstić information content (AvgIpc) is 3.57. The zero-order valence-electron chi connectivity index (χ0n) is 23.0. The van der Waals surface area contributed by atoms with Gasteiger partial charge in [0.15, 0.2) is 5.82 Å². The van der Waals surface area contributed by atoms with Crippen LogP contribution in [0.1, 0.15) is 23.2 Å². The molecular formula is C27H26BCl2F2N8O3. The van der Waals surface area contributed by atoms with Gasteiger partial charge in [-0.15, -0.1) is 0 Å². The Bertz CT molecular complexity index is 1690. The van der Waals surface area contributed by atoms with E-state index in [2.05, 4.69) is 15.2 Å². The highest BCUT2D eigenvalue weighted by atomic mass is 35.5. The number of nitrogens with one attached hydrogen (secondary N) is 1. The van der Waals surface area contributed by atoms with Crippen LogP contribution in [0.15, 0.2) is 23.3 Å². The predicted molar refractivity (Wildman–Crippen MR) is 161 cm³/mol. The Morgan fingerprint density at radius 2 is 1.86 bits per heavy atom. The number of aromatic nitrogens is 2. The van der Waals surface area contributed by atoms with Crippen molar-refractivity contribution >= 4 is 71.1 Å². The van der Waals surface area contributed by atoms with Crippen LogP contribution in [0.3, 0.4) is 0 Å². The van der Waals surface area contributed by atoms with E-state index in [0.29, 0.717) is 36.7 Å². The number of anilines is 2. The van der Waals surface area contributed by atoms with E-state index in [1.165, 1.54) is 16.8 Å². The second kappa shape index (κ2) is 11.3. The third kappa shape index (κ3) is 5.38. The fourth-order valence-corrected chi connectivity index (χ4v) is 5.83. The summed E-state index contributed by atoms with van der Waals surface area (Å²) in [7, 11) is 3.80. The number of nitrogens with two attached hydrogens (primary N) is 1. The standard InChI is InChI=1S/C27H26BCl2F2N8O3/c1-37-5-7-38(8-6-37)18-10-16(21(29)25(32)35-18)34-19(41)12-39-11-15(20-27(39)36-17-3-2-4-40(17)28-20)13-9-14(26(33)43)24(42)22(30)23(13)31/h9-11,42H,2-8,12H2,1H3,(H2,33,43)(H,34,35,41). The Hall–Kier alpha value is -3.88. The number of piperazine rings is 1. The number of halogens is 4. The van der Waals surface area contributed by atoms with Crippen LogP contribution in [0, 0.1) is 11.8 Å². The van der Waals surface area contributed by atoms with Crippen molar-refractivity contribution in [1.82, 2.24) is 19.3 Å². The van der Waals surface area contributed by atoms with Gasteiger partial charge in [0.25, 0.3) is 13.3 Å². The number of nitrogens with zero attached hydrogens (tertiary/aromatic N) is 6. The van der Waals surface area contributed by atoms with Crippen LogP contribution in [0.25, 0.3) is 11.1 Å². The maximum absolute atomic E-state index is 15.4. The molecule has 0 aliphatic carbocycles. The number of amidine groups is 1. The van der Waals surface area contributed by atoms with Crippen molar-refractivity contribution in [2.24, 2.45) is 10.7 Å². The molecule has 5 heterocycles. The minimum absolute atomic E-state index is 0.0663. The predicted octanol–water partition coefficient (Wildman–Crippen LogP) is 2.71. The highest BCUT2D eigenvalue weighted by Crippen LogP contribution is 2.39. The molecule has 3 aliphatic rings. The Morgan fingerprint density at radius 1 is 1.12 bits per heavy atom. The monoisotopic (exact) mass is 629 g/mol. The molecule has 16 heteroatoms. The summed E-state index contributed by atoms with van der Waals surface area (Å²) in [6, 6.07) is 2.66. The molecule has 2 amide bonds. The number of aromatic hydroxyl groups is 1. The number of benzene rings is 1. The first kappa shape index (κ1) is 29.2. The number of hydrogen-bond acceptors (Lipinski definition) is 8. The van der Waals surface area contributed by atoms with Crippen molar-refractivity contribution in [3.63, 3.8) is 0 Å². The molecule has 0 atom stereocenters. The van der Waals surface area contributed by atoms with Crippen LogP contribution in [0.4, 0.5) is 26.1 Å². The SMILES string of the molecule is CN1CCN(c2cc(NC(=O)Cn3cc(-c4cc(C(N)=O)c(O)c(Cl)c4F)c4c3N=C3CCCN3[B]4)c(Cl)c(F)n2)CC1. The molecule has 11 nitrogen and oxygen atoms in total. The quantitative estimate of drug-likeness (QED) is 0.282. The smallest absolute Gasteiger partial charge is 0.291 e. The summed E-state index contributed by atoms with van der Waals surface area (Å²) < 4.78 is 31.7. The van der Waals surface area contributed by atoms with Crippen molar-refractivity contribution in [2.75, 3.05) is 50.0 Å². The third-order valence-electron chi connectivity index (χ3n) is 7.79. The van der Waals surface area contributed by atoms with Gasteiger partial charge >= 0.3 is 0 Å². The summed E-state index contributed by atoms with van der Waals surface area (Å²) >= 11 is 12.2. The number of phenols is 1. The maximum atomic E-state index is 15.4. The molecule has 0 spiro atoms. The summed E-state index contributed by atoms with van der Waals surface area (Å²) in [6.07, 6.45) is 3.09. The Kier molecular flexibility index (Phi) is 7.69. The number of likely N-dealkylation sites (N-methyl/N-ethyl adjacent to an activating group) is 1. The van der Waals surface area contributed by atoms with Gasteiger partial charge in [0.1, 0.15) is 34.0 Å². The number of rotatable bonds is 6. The minimum atomic E-state index is -0.991. The van der Waals surface area contributed by atoms with Crippen molar-refractivity contribution in [2.45, 2.75) is 19.4 Å². The number of fused-ring (bicyclic) bond motifs is 2. The number of amides is 2. The molecule has 1 aromatic carbocycles. The molecule has 223 valence electrons. The van der Waals surface area contributed by atoms with Crippen LogP contribution < -0.4 is 21.4 Å². The molecule has 3 aliphatic heterocycles. The van der Waals surface area contributed by atoms with Crippen LogP contribution in [0.2, 0.25) is 10.0 Å². The molecule has 6 rings (SSSR count). The molecule has 0 unspecified atom stereocenters. The van der Waals surface area contributed by atoms with Gasteiger partial charge in [-0.25, -0.2) is 14.4 Å². The van der Waals surface area contributed by atoms with E-state index in [1.54, 1.807) is 7.41 Å². The van der Waals surface area contributed by atoms with Crippen molar-refractivity contribution in [3.8, 4) is 16.9 Å². The lowest BCUT2D eigenvalue weighted by Crippen LogP contribution is -2.44. The highest BCUT2D eigenvalue weighted by Gasteiger charge is 2.33. The number of hydrogen-bond donors (Lipinski definition) is 3. The molecule has 2 fully saturated rings. The summed E-state index contributed by atoms with van der Waals surface area (Å²) in [4.78, 5) is 40.0. The number of carbonyl (C=O) groups is 2. The zero-order valence-corrected chi connectivity index (χ0v) is 24.5. The van der Waals surface area contributed by atoms with E-state index in [4.69, 9.17) is 33.9 Å². The van der Waals surface area contributed by atoms with Crippen molar-refractivity contribution < 1.29 is 23.5 Å². The summed E-state index contributed by atoms with van der Waals surface area (Å²) in [5.74, 6) is -2.63. The molecular weight excluding hydrogens is 604 g/mol. The van der Waals surface area contributed by atoms with E-state index in [-0.39, 0.29) is 33.9 Å². The largest absolute Gasteiger partial charge is 0.505 e. The average molecular weight is 630 g/mol. The van der Waals surface area contributed by atoms with E-state index in [1.807, 2.05) is 16.8 Å². The maximum Gasteiger partial charge on any atom is 0.291 e. The van der Waals surface area contributed by atoms with Crippen LogP contribution in [0.5, 0.6) is 5.75 Å². The molecule has 1 radical (unpaired) electrons. The van der Waals surface area contributed by atoms with Gasteiger partial charge in [0.05, 0.1) is 17.1 Å². The topological polar surface area (TPSA) is 132 Å². The lowest BCUT2D eigenvalue weighted by Gasteiger charge is -2.33. The number of carbonyl (C=O) groups excluding carboxylic acids is 2. The Balaban J connectivity index is 1.35. The first-order valence-corrected chi connectivity index (χ1v) is 14.3. The fourth-order valence-electron chi connectivity index (χ4n) is 5.48. The van der Waals surface area contributed by atoms with E-state index in [0.717, 1.165) is 37.8 Å². The molecule has 2 aromatic heterocycles. The summed E-state index contributed by atoms with van der Waals surface area (Å²) in [5, 5.41) is 11.9. The second-order valence-corrected chi connectivity index (χ2v) is 11.4. The Morgan fingerprint density at radius 3 is 2.58 bits per heavy atom. The lowest BCUT2D eigenvalue weighted by atomic mass is 9.76. The van der Waals surface area contributed by atoms with Crippen LogP contribution in [-0.4, -0.2) is 89.2 Å². The van der Waals surface area contributed by atoms with Gasteiger partial charge in [-0.05, 0) is 25.0 Å². The molecule has 0 bridgehead atoms. The second-order valence-electron chi connectivity index (χ2n) is 10.6. The molecule has 3 aromatic rings. The van der Waals surface area contributed by atoms with Crippen molar-refractivity contribution in [3.05, 3.63) is 45.7 Å². The van der Waals surface area contributed by atoms with Gasteiger partial charge in [-0.1, -0.05) is 23.2 Å². The first-order chi connectivity index (χ1) is 20.5. The van der Waals surface area contributed by atoms with E-state index < -0.39 is 34.4 Å². The van der Waals surface area contributed by atoms with Gasteiger partial charge in [0.2, 0.25) is 11.9 Å². The summed E-state index contributed by atoms with van der Waals surface area (Å²) in [6.45, 7) is 3.25. The third-order valence-corrected chi connectivity index (χ3v) is 8.50. The van der Waals surface area contributed by atoms with Gasteiger partial charge in [-0.3, -0.25) is 9.59 Å². The summed E-state index contributed by atoms with van der Waals surface area (Å²) in [5.41, 5.74) is 5.78. The molecule has 43 heavy (non-hydrogen) atoms. The Labute approximate surface area is 256 Å². The number of primary amides is 1. The number of aliphatic imine (C=N–C) groups is 1. The van der Waals surface area contributed by atoms with Crippen LogP contribution in [-0.2, 0) is 11.3 Å². The van der Waals surface area contributed by atoms with Crippen molar-refractivity contribution in [1.29, 1.82) is 0 Å². The van der Waals surface area contributed by atoms with Crippen LogP contribution >= 0.6 is 23.2 Å². The fraction of sp³-hybridized carbons (Fsp3) is 0.333.